The summed E-state index contributed by atoms with van der Waals surface area (Å²) in [5, 5.41) is 0. The van der Waals surface area contributed by atoms with Gasteiger partial charge in [-0.2, -0.15) is 0 Å². The maximum Gasteiger partial charge on any atom is 0.253 e. The number of hydrogen-bond donors (Lipinski definition) is 1. The van der Waals surface area contributed by atoms with E-state index in [1.165, 1.54) is 31.3 Å². The molecule has 2 rings (SSSR count). The van der Waals surface area contributed by atoms with E-state index >= 15 is 0 Å². The summed E-state index contributed by atoms with van der Waals surface area (Å²) < 4.78 is 25.8. The largest absolute Gasteiger partial charge is 0.348 e. The number of nitrogens with one attached hydrogen (secondary N) is 1. The van der Waals surface area contributed by atoms with E-state index in [2.05, 4.69) is 9.62 Å². The Hall–Kier alpha value is -1.97. The third-order valence-corrected chi connectivity index (χ3v) is 5.84. The molecule has 0 spiro atoms. The van der Waals surface area contributed by atoms with Gasteiger partial charge >= 0.3 is 0 Å². The van der Waals surface area contributed by atoms with Crippen LogP contribution in [0.15, 0.2) is 29.2 Å². The quantitative estimate of drug-likeness (QED) is 0.764. The Labute approximate surface area is 154 Å². The van der Waals surface area contributed by atoms with Gasteiger partial charge in [-0.15, -0.1) is 0 Å². The molecule has 0 atom stereocenters. The number of carbonyl (C=O) groups excluding carboxylic acids is 2. The van der Waals surface area contributed by atoms with Gasteiger partial charge in [0.05, 0.1) is 11.4 Å². The topological polar surface area (TPSA) is 90.0 Å². The summed E-state index contributed by atoms with van der Waals surface area (Å²) in [5.41, 5.74) is 0.456. The Balaban J connectivity index is 2.01. The van der Waals surface area contributed by atoms with Crippen LogP contribution in [0, 0.1) is 0 Å². The summed E-state index contributed by atoms with van der Waals surface area (Å²) in [6.45, 7) is 2.91. The molecule has 1 heterocycles. The zero-order valence-corrected chi connectivity index (χ0v) is 16.3. The Bertz CT molecular complexity index is 747. The minimum absolute atomic E-state index is 0.0473. The predicted octanol–water partition coefficient (Wildman–Crippen LogP) is -0.169. The molecule has 1 aromatic rings. The van der Waals surface area contributed by atoms with Crippen molar-refractivity contribution in [2.75, 3.05) is 53.9 Å². The number of benzene rings is 1. The van der Waals surface area contributed by atoms with Gasteiger partial charge in [-0.1, -0.05) is 0 Å². The molecule has 1 saturated heterocycles. The number of carbonyl (C=O) groups is 2. The van der Waals surface area contributed by atoms with Crippen LogP contribution in [0.25, 0.3) is 0 Å². The van der Waals surface area contributed by atoms with Crippen LogP contribution in [0.4, 0.5) is 0 Å². The van der Waals surface area contributed by atoms with Crippen molar-refractivity contribution in [3.63, 3.8) is 0 Å². The van der Waals surface area contributed by atoms with Crippen LogP contribution in [0.3, 0.4) is 0 Å². The van der Waals surface area contributed by atoms with Crippen LogP contribution < -0.4 is 4.72 Å². The normalized spacial score (nSPS) is 16.2. The SMILES string of the molecule is CNS(=O)(=O)c1ccc(C(=O)N2CCCN(CC(=O)N(C)C)CC2)cc1. The molecular weight excluding hydrogens is 356 g/mol. The number of rotatable bonds is 5. The molecule has 1 aliphatic rings. The lowest BCUT2D eigenvalue weighted by atomic mass is 10.2. The van der Waals surface area contributed by atoms with E-state index in [4.69, 9.17) is 0 Å². The number of sulfonamides is 1. The molecule has 9 heteroatoms. The van der Waals surface area contributed by atoms with E-state index in [9.17, 15) is 18.0 Å². The standard InChI is InChI=1S/C17H26N4O4S/c1-18-26(24,25)15-7-5-14(6-8-15)17(23)21-10-4-9-20(11-12-21)13-16(22)19(2)3/h5-8,18H,4,9-13H2,1-3H3. The van der Waals surface area contributed by atoms with Crippen molar-refractivity contribution in [1.29, 1.82) is 0 Å². The second kappa shape index (κ2) is 8.61. The lowest BCUT2D eigenvalue weighted by Crippen LogP contribution is -2.39. The summed E-state index contributed by atoms with van der Waals surface area (Å²) in [4.78, 5) is 30.0. The molecule has 0 unspecified atom stereocenters. The van der Waals surface area contributed by atoms with Crippen LogP contribution >= 0.6 is 0 Å². The average Bonchev–Trinajstić information content (AvgIpc) is 2.86. The van der Waals surface area contributed by atoms with Gasteiger partial charge in [0.2, 0.25) is 15.9 Å². The maximum absolute atomic E-state index is 12.7. The zero-order chi connectivity index (χ0) is 19.3. The summed E-state index contributed by atoms with van der Waals surface area (Å²) in [6, 6.07) is 5.92. The molecule has 0 aliphatic carbocycles. The van der Waals surface area contributed by atoms with E-state index in [1.807, 2.05) is 0 Å². The second-order valence-electron chi connectivity index (χ2n) is 6.44. The predicted molar refractivity (Wildman–Crippen MR) is 98.3 cm³/mol. The highest BCUT2D eigenvalue weighted by molar-refractivity contribution is 7.89. The lowest BCUT2D eigenvalue weighted by Gasteiger charge is -2.23. The first-order valence-corrected chi connectivity index (χ1v) is 9.98. The number of amides is 2. The first-order valence-electron chi connectivity index (χ1n) is 8.50. The Kier molecular flexibility index (Phi) is 6.74. The van der Waals surface area contributed by atoms with Crippen molar-refractivity contribution in [2.45, 2.75) is 11.3 Å². The van der Waals surface area contributed by atoms with Crippen molar-refractivity contribution >= 4 is 21.8 Å². The Morgan fingerprint density at radius 3 is 2.31 bits per heavy atom. The molecule has 26 heavy (non-hydrogen) atoms. The van der Waals surface area contributed by atoms with Gasteiger partial charge in [0.1, 0.15) is 0 Å². The molecule has 1 aromatic carbocycles. The smallest absolute Gasteiger partial charge is 0.253 e. The van der Waals surface area contributed by atoms with Gasteiger partial charge in [0, 0.05) is 45.8 Å². The van der Waals surface area contributed by atoms with Gasteiger partial charge in [-0.25, -0.2) is 13.1 Å². The summed E-state index contributed by atoms with van der Waals surface area (Å²) in [6.07, 6.45) is 0.790. The van der Waals surface area contributed by atoms with Gasteiger partial charge in [-0.05, 0) is 37.7 Å². The Morgan fingerprint density at radius 1 is 1.08 bits per heavy atom. The summed E-state index contributed by atoms with van der Waals surface area (Å²) in [5.74, 6) is -0.0784. The number of nitrogens with zero attached hydrogens (tertiary/aromatic N) is 3. The third kappa shape index (κ3) is 5.03. The molecule has 8 nitrogen and oxygen atoms in total. The Morgan fingerprint density at radius 2 is 1.73 bits per heavy atom. The first-order chi connectivity index (χ1) is 12.2. The molecule has 1 fully saturated rings. The fourth-order valence-corrected chi connectivity index (χ4v) is 3.47. The second-order valence-corrected chi connectivity index (χ2v) is 8.33. The molecule has 1 aliphatic heterocycles. The minimum Gasteiger partial charge on any atom is -0.348 e. The lowest BCUT2D eigenvalue weighted by molar-refractivity contribution is -0.129. The molecule has 1 N–H and O–H groups in total. The van der Waals surface area contributed by atoms with Crippen LogP contribution in [0.5, 0.6) is 0 Å². The van der Waals surface area contributed by atoms with Crippen LogP contribution in [0.2, 0.25) is 0 Å². The molecule has 0 bridgehead atoms. The van der Waals surface area contributed by atoms with E-state index in [0.29, 0.717) is 31.7 Å². The van der Waals surface area contributed by atoms with Gasteiger partial charge in [-0.3, -0.25) is 14.5 Å². The van der Waals surface area contributed by atoms with E-state index < -0.39 is 10.0 Å². The fourth-order valence-electron chi connectivity index (χ4n) is 2.74. The average molecular weight is 382 g/mol. The summed E-state index contributed by atoms with van der Waals surface area (Å²) in [7, 11) is 1.29. The highest BCUT2D eigenvalue weighted by atomic mass is 32.2. The third-order valence-electron chi connectivity index (χ3n) is 4.41. The number of likely N-dealkylation sites (N-methyl/N-ethyl adjacent to an activating group) is 1. The molecule has 0 saturated carbocycles. The highest BCUT2D eigenvalue weighted by Gasteiger charge is 2.22. The fraction of sp³-hybridized carbons (Fsp3) is 0.529. The molecule has 2 amide bonds. The van der Waals surface area contributed by atoms with E-state index in [0.717, 1.165) is 13.0 Å². The molecule has 144 valence electrons. The van der Waals surface area contributed by atoms with Crippen molar-refractivity contribution in [2.24, 2.45) is 0 Å². The molecule has 0 radical (unpaired) electrons. The van der Waals surface area contributed by atoms with E-state index in [1.54, 1.807) is 23.9 Å². The molecular formula is C17H26N4O4S. The van der Waals surface area contributed by atoms with Crippen LogP contribution in [-0.4, -0.2) is 88.8 Å². The first kappa shape index (κ1) is 20.3. The van der Waals surface area contributed by atoms with Crippen molar-refractivity contribution < 1.29 is 18.0 Å². The van der Waals surface area contributed by atoms with Gasteiger partial charge in [0.25, 0.3) is 5.91 Å². The van der Waals surface area contributed by atoms with Crippen molar-refractivity contribution in [3.8, 4) is 0 Å². The number of hydrogen-bond acceptors (Lipinski definition) is 5. The van der Waals surface area contributed by atoms with Crippen molar-refractivity contribution in [3.05, 3.63) is 29.8 Å². The summed E-state index contributed by atoms with van der Waals surface area (Å²) >= 11 is 0. The van der Waals surface area contributed by atoms with Gasteiger partial charge < -0.3 is 9.80 Å². The van der Waals surface area contributed by atoms with Crippen LogP contribution in [0.1, 0.15) is 16.8 Å². The zero-order valence-electron chi connectivity index (χ0n) is 15.4. The monoisotopic (exact) mass is 382 g/mol. The van der Waals surface area contributed by atoms with Gasteiger partial charge in [0.15, 0.2) is 0 Å². The molecule has 0 aromatic heterocycles. The van der Waals surface area contributed by atoms with E-state index in [-0.39, 0.29) is 16.7 Å². The maximum atomic E-state index is 12.7. The highest BCUT2D eigenvalue weighted by Crippen LogP contribution is 2.13. The van der Waals surface area contributed by atoms with Crippen molar-refractivity contribution in [1.82, 2.24) is 19.4 Å². The minimum atomic E-state index is -3.51. The van der Waals surface area contributed by atoms with Crippen LogP contribution in [-0.2, 0) is 14.8 Å².